The van der Waals surface area contributed by atoms with Crippen molar-refractivity contribution in [3.05, 3.63) is 35.4 Å². The molecule has 2 bridgehead atoms. The summed E-state index contributed by atoms with van der Waals surface area (Å²) in [6, 6.07) is 2.20. The molecule has 116 valence electrons. The third kappa shape index (κ3) is 1.28. The first kappa shape index (κ1) is 7.37. The minimum Gasteiger partial charge on any atom is -0.493 e. The van der Waals surface area contributed by atoms with Crippen LogP contribution in [0.1, 0.15) is 27.1 Å². The van der Waals surface area contributed by atoms with E-state index in [0.717, 1.165) is 0 Å². The summed E-state index contributed by atoms with van der Waals surface area (Å²) in [5.74, 6) is -0.717. The first-order valence-corrected chi connectivity index (χ1v) is 7.42. The molecule has 1 fully saturated rings. The van der Waals surface area contributed by atoms with Crippen molar-refractivity contribution in [3.8, 4) is 11.5 Å². The summed E-state index contributed by atoms with van der Waals surface area (Å²) >= 11 is 0. The second kappa shape index (κ2) is 4.06. The van der Waals surface area contributed by atoms with Gasteiger partial charge >= 0.3 is 0 Å². The molecule has 22 heavy (non-hydrogen) atoms. The van der Waals surface area contributed by atoms with E-state index in [4.69, 9.17) is 24.2 Å². The molecule has 5 atom stereocenters. The number of rotatable bonds is 2. The Labute approximate surface area is 141 Å². The molecule has 2 unspecified atom stereocenters. The zero-order valence-corrected chi connectivity index (χ0v) is 12.1. The Morgan fingerprint density at radius 1 is 1.59 bits per heavy atom. The predicted molar refractivity (Wildman–Crippen MR) is 82.5 cm³/mol. The molecule has 0 aromatic heterocycles. The highest BCUT2D eigenvalue weighted by Crippen LogP contribution is 2.62. The van der Waals surface area contributed by atoms with Crippen LogP contribution in [0.25, 0.3) is 0 Å². The van der Waals surface area contributed by atoms with Gasteiger partial charge in [0.15, 0.2) is 11.5 Å². The number of piperidine rings is 1. The van der Waals surface area contributed by atoms with Gasteiger partial charge in [0.05, 0.1) is 13.9 Å². The number of hydrogen-bond donors (Lipinski definition) is 1. The lowest BCUT2D eigenvalue weighted by molar-refractivity contribution is -0.0453. The van der Waals surface area contributed by atoms with Crippen molar-refractivity contribution >= 4 is 0 Å². The minimum absolute atomic E-state index is 0.0483. The van der Waals surface area contributed by atoms with Crippen molar-refractivity contribution in [2.75, 3.05) is 20.6 Å². The van der Waals surface area contributed by atoms with Crippen molar-refractivity contribution in [1.82, 2.24) is 4.90 Å². The third-order valence-electron chi connectivity index (χ3n) is 5.51. The number of methoxy groups -OCH3 is 1. The van der Waals surface area contributed by atoms with Crippen LogP contribution < -0.4 is 9.47 Å². The SMILES string of the molecule is [2H]OC1([2H])C=C[C@H]2[C@@H]3N(C)CC[C@@]24c2c(ccc(OC([2H])([2H])[2H])c2OC14[2H])C3([2H])[2H]. The molecular formula is C18H21NO3. The van der Waals surface area contributed by atoms with Gasteiger partial charge in [0.1, 0.15) is 12.2 Å². The number of nitrogens with zero attached hydrogens (tertiary/aromatic N) is 1. The molecule has 4 heteroatoms. The number of hydrogen-bond acceptors (Lipinski definition) is 4. The van der Waals surface area contributed by atoms with Gasteiger partial charge < -0.3 is 19.5 Å². The van der Waals surface area contributed by atoms with E-state index >= 15 is 0 Å². The van der Waals surface area contributed by atoms with Crippen LogP contribution in [0.5, 0.6) is 11.5 Å². The first-order chi connectivity index (χ1) is 13.8. The van der Waals surface area contributed by atoms with Gasteiger partial charge in [0.2, 0.25) is 1.43 Å². The van der Waals surface area contributed by atoms with Crippen LogP contribution in [0, 0.1) is 5.92 Å². The molecule has 4 nitrogen and oxygen atoms in total. The van der Waals surface area contributed by atoms with Gasteiger partial charge in [0, 0.05) is 25.7 Å². The lowest BCUT2D eigenvalue weighted by atomic mass is 9.53. The first-order valence-electron chi connectivity index (χ1n) is 11.3. The average Bonchev–Trinajstić information content (AvgIpc) is 2.92. The van der Waals surface area contributed by atoms with Crippen molar-refractivity contribution in [1.29, 1.82) is 1.43 Å². The van der Waals surface area contributed by atoms with Gasteiger partial charge in [-0.2, -0.15) is 0 Å². The van der Waals surface area contributed by atoms with Gasteiger partial charge in [-0.1, -0.05) is 18.2 Å². The van der Waals surface area contributed by atoms with Crippen LogP contribution in [-0.2, 0) is 11.8 Å². The molecule has 0 saturated carbocycles. The summed E-state index contributed by atoms with van der Waals surface area (Å²) in [5, 5.41) is 4.70. The molecule has 0 amide bonds. The van der Waals surface area contributed by atoms with Gasteiger partial charge in [-0.25, -0.2) is 0 Å². The van der Waals surface area contributed by atoms with Crippen molar-refractivity contribution < 1.29 is 24.2 Å². The summed E-state index contributed by atoms with van der Waals surface area (Å²) < 4.78 is 76.9. The van der Waals surface area contributed by atoms with Crippen LogP contribution in [-0.4, -0.2) is 50.3 Å². The standard InChI is InChI=1S/C18H21NO3/c1-19-8-7-18-11-4-5-13(20)17(18)22-16-14(21-2)6-3-10(15(16)18)9-12(11)19/h3-6,11-13,17,20H,7-9H2,1-2H3/t11-,12+,13?,17?,18-/m0/s1/i2D3,9D2,13D,17D,20D. The Hall–Kier alpha value is -1.52. The fourth-order valence-electron chi connectivity index (χ4n) is 4.54. The Morgan fingerprint density at radius 2 is 2.55 bits per heavy atom. The normalized spacial score (nSPS) is 55.9. The van der Waals surface area contributed by atoms with E-state index < -0.39 is 42.9 Å². The van der Waals surface area contributed by atoms with E-state index in [-0.39, 0.29) is 11.5 Å². The molecule has 4 aliphatic rings. The lowest BCUT2D eigenvalue weighted by Crippen LogP contribution is -2.64. The molecule has 1 aromatic rings. The molecule has 1 saturated heterocycles. The number of likely N-dealkylation sites (tertiary alicyclic amines) is 1. The van der Waals surface area contributed by atoms with Crippen LogP contribution >= 0.6 is 0 Å². The Balaban J connectivity index is 1.87. The molecule has 2 aliphatic heterocycles. The molecule has 1 spiro atoms. The zero-order chi connectivity index (χ0) is 21.9. The molecule has 5 rings (SSSR count). The highest BCUT2D eigenvalue weighted by atomic mass is 16.5. The summed E-state index contributed by atoms with van der Waals surface area (Å²) in [5.41, 5.74) is -0.539. The highest BCUT2D eigenvalue weighted by molar-refractivity contribution is 5.62. The quantitative estimate of drug-likeness (QED) is 0.841. The summed E-state index contributed by atoms with van der Waals surface area (Å²) in [6.45, 7) is 0.440. The fraction of sp³-hybridized carbons (Fsp3) is 0.556. The van der Waals surface area contributed by atoms with Crippen molar-refractivity contribution in [3.63, 3.8) is 0 Å². The number of likely N-dealkylation sites (N-methyl/N-ethyl adjacent to an activating group) is 1. The summed E-state index contributed by atoms with van der Waals surface area (Å²) in [4.78, 5) is 1.91. The van der Waals surface area contributed by atoms with E-state index in [9.17, 15) is 1.37 Å². The largest absolute Gasteiger partial charge is 0.493 e. The zero-order valence-electron chi connectivity index (χ0n) is 20.1. The number of ether oxygens (including phenoxy) is 2. The summed E-state index contributed by atoms with van der Waals surface area (Å²) in [7, 11) is -0.953. The Bertz CT molecular complexity index is 967. The van der Waals surface area contributed by atoms with E-state index in [1.165, 1.54) is 18.2 Å². The minimum atomic E-state index is -2.78. The van der Waals surface area contributed by atoms with Gasteiger partial charge in [-0.05, 0) is 38.0 Å². The van der Waals surface area contributed by atoms with E-state index in [1.807, 2.05) is 11.9 Å². The highest BCUT2D eigenvalue weighted by Gasteiger charge is 2.64. The molecule has 0 radical (unpaired) electrons. The second-order valence-electron chi connectivity index (χ2n) is 6.39. The lowest BCUT2D eigenvalue weighted by Gasteiger charge is -2.56. The molecule has 1 N–H and O–H groups in total. The third-order valence-corrected chi connectivity index (χ3v) is 5.51. The topological polar surface area (TPSA) is 41.9 Å². The summed E-state index contributed by atoms with van der Waals surface area (Å²) in [6.07, 6.45) is -2.85. The molecule has 1 aromatic carbocycles. The maximum absolute atomic E-state index is 9.29. The second-order valence-corrected chi connectivity index (χ2v) is 6.39. The maximum Gasteiger partial charge on any atom is 0.211 e. The van der Waals surface area contributed by atoms with Gasteiger partial charge in [-0.15, -0.1) is 0 Å². The Kier molecular flexibility index (Phi) is 1.36. The van der Waals surface area contributed by atoms with Crippen LogP contribution in [0.15, 0.2) is 24.3 Å². The molecule has 2 heterocycles. The van der Waals surface area contributed by atoms with Gasteiger partial charge in [-0.3, -0.25) is 0 Å². The molecular weight excluding hydrogens is 278 g/mol. The molecule has 2 aliphatic carbocycles. The van der Waals surface area contributed by atoms with E-state index in [2.05, 4.69) is 0 Å². The predicted octanol–water partition coefficient (Wildman–Crippen LogP) is 1.50. The Morgan fingerprint density at radius 3 is 3.41 bits per heavy atom. The van der Waals surface area contributed by atoms with Crippen LogP contribution in [0.3, 0.4) is 0 Å². The van der Waals surface area contributed by atoms with Crippen molar-refractivity contribution in [2.24, 2.45) is 5.92 Å². The van der Waals surface area contributed by atoms with Crippen LogP contribution in [0.4, 0.5) is 0 Å². The van der Waals surface area contributed by atoms with E-state index in [1.54, 1.807) is 6.08 Å². The number of benzene rings is 1. The maximum atomic E-state index is 9.29. The number of aliphatic hydroxyl groups is 1. The van der Waals surface area contributed by atoms with Crippen LogP contribution in [0.2, 0.25) is 0 Å². The fourth-order valence-corrected chi connectivity index (χ4v) is 4.54. The monoisotopic (exact) mass is 307 g/mol. The van der Waals surface area contributed by atoms with E-state index in [0.29, 0.717) is 24.1 Å². The van der Waals surface area contributed by atoms with Crippen molar-refractivity contribution in [2.45, 2.75) is 36.4 Å². The average molecular weight is 307 g/mol. The van der Waals surface area contributed by atoms with Gasteiger partial charge in [0.25, 0.3) is 0 Å². The smallest absolute Gasteiger partial charge is 0.211 e.